The summed E-state index contributed by atoms with van der Waals surface area (Å²) in [5.74, 6) is 1.96. The topological polar surface area (TPSA) is 26.3 Å². The maximum Gasteiger partial charge on any atom is 0.151 e. The molecule has 0 saturated carbocycles. The molecule has 0 amide bonds. The van der Waals surface area contributed by atoms with Gasteiger partial charge in [-0.25, -0.2) is 0 Å². The summed E-state index contributed by atoms with van der Waals surface area (Å²) in [6, 6.07) is 8.87. The fourth-order valence-corrected chi connectivity index (χ4v) is 4.48. The summed E-state index contributed by atoms with van der Waals surface area (Å²) in [6.07, 6.45) is 1.86. The fraction of sp³-hybridized carbons (Fsp3) is 0.667. The van der Waals surface area contributed by atoms with Gasteiger partial charge in [-0.2, -0.15) is 0 Å². The molecule has 1 aromatic rings. The average molecular weight is 349 g/mol. The van der Waals surface area contributed by atoms with Crippen molar-refractivity contribution in [2.45, 2.75) is 63.9 Å². The number of ketones is 1. The van der Waals surface area contributed by atoms with Crippen molar-refractivity contribution in [3.63, 3.8) is 0 Å². The molecule has 2 unspecified atom stereocenters. The molecule has 0 aliphatic carbocycles. The van der Waals surface area contributed by atoms with Crippen LogP contribution in [0.5, 0.6) is 0 Å². The van der Waals surface area contributed by atoms with Gasteiger partial charge in [0.05, 0.1) is 11.9 Å². The van der Waals surface area contributed by atoms with E-state index in [1.807, 2.05) is 0 Å². The molecule has 2 nitrogen and oxygen atoms in total. The summed E-state index contributed by atoms with van der Waals surface area (Å²) >= 11 is 1.81. The highest BCUT2D eigenvalue weighted by molar-refractivity contribution is 7.99. The summed E-state index contributed by atoms with van der Waals surface area (Å²) in [5.41, 5.74) is 2.84. The van der Waals surface area contributed by atoms with Crippen LogP contribution in [0.15, 0.2) is 24.3 Å². The van der Waals surface area contributed by atoms with E-state index in [2.05, 4.69) is 58.9 Å². The maximum absolute atomic E-state index is 12.8. The van der Waals surface area contributed by atoms with Crippen LogP contribution in [-0.4, -0.2) is 24.2 Å². The van der Waals surface area contributed by atoms with E-state index in [4.69, 9.17) is 4.74 Å². The predicted octanol–water partition coefficient (Wildman–Crippen LogP) is 5.24. The minimum absolute atomic E-state index is 0.0963. The van der Waals surface area contributed by atoms with Gasteiger partial charge in [0, 0.05) is 18.3 Å². The Morgan fingerprint density at radius 3 is 2.42 bits per heavy atom. The molecule has 0 aromatic heterocycles. The standard InChI is InChI=1S/C21H32O2S/c1-15(2)12-19(20(22)17-10-11-23-13-17)24-14-16-6-8-18(9-7-16)21(3,4)5/h6-9,15,17,19H,10-14H2,1-5H3. The summed E-state index contributed by atoms with van der Waals surface area (Å²) in [4.78, 5) is 12.8. The second-order valence-electron chi connectivity index (χ2n) is 8.34. The van der Waals surface area contributed by atoms with Gasteiger partial charge in [-0.1, -0.05) is 58.9 Å². The van der Waals surface area contributed by atoms with Gasteiger partial charge in [0.25, 0.3) is 0 Å². The smallest absolute Gasteiger partial charge is 0.151 e. The Morgan fingerprint density at radius 1 is 1.25 bits per heavy atom. The first-order valence-corrected chi connectivity index (χ1v) is 10.1. The lowest BCUT2D eigenvalue weighted by Gasteiger charge is -2.21. The van der Waals surface area contributed by atoms with Gasteiger partial charge in [0.1, 0.15) is 0 Å². The Labute approximate surface area is 151 Å². The lowest BCUT2D eigenvalue weighted by Crippen LogP contribution is -2.27. The molecule has 0 spiro atoms. The summed E-state index contributed by atoms with van der Waals surface area (Å²) < 4.78 is 5.41. The van der Waals surface area contributed by atoms with Crippen molar-refractivity contribution in [3.05, 3.63) is 35.4 Å². The van der Waals surface area contributed by atoms with Crippen LogP contribution in [0.2, 0.25) is 0 Å². The van der Waals surface area contributed by atoms with Crippen LogP contribution in [0.1, 0.15) is 58.6 Å². The summed E-state index contributed by atoms with van der Waals surface area (Å²) in [7, 11) is 0. The van der Waals surface area contributed by atoms with Crippen molar-refractivity contribution >= 4 is 17.5 Å². The molecule has 1 aliphatic rings. The second kappa shape index (κ2) is 8.53. The van der Waals surface area contributed by atoms with E-state index in [0.717, 1.165) is 25.2 Å². The van der Waals surface area contributed by atoms with Crippen molar-refractivity contribution < 1.29 is 9.53 Å². The van der Waals surface area contributed by atoms with E-state index < -0.39 is 0 Å². The van der Waals surface area contributed by atoms with Crippen LogP contribution in [0.25, 0.3) is 0 Å². The van der Waals surface area contributed by atoms with E-state index >= 15 is 0 Å². The largest absolute Gasteiger partial charge is 0.381 e. The Kier molecular flexibility index (Phi) is 6.94. The number of rotatable bonds is 7. The SMILES string of the molecule is CC(C)CC(SCc1ccc(C(C)(C)C)cc1)C(=O)C1CCOC1. The first-order chi connectivity index (χ1) is 11.3. The zero-order valence-electron chi connectivity index (χ0n) is 15.8. The highest BCUT2D eigenvalue weighted by atomic mass is 32.2. The normalized spacial score (nSPS) is 19.7. The molecule has 1 aromatic carbocycles. The third-order valence-corrected chi connectivity index (χ3v) is 5.93. The quantitative estimate of drug-likeness (QED) is 0.674. The molecule has 1 aliphatic heterocycles. The van der Waals surface area contributed by atoms with Crippen molar-refractivity contribution in [1.29, 1.82) is 0 Å². The molecule has 1 saturated heterocycles. The van der Waals surface area contributed by atoms with Crippen LogP contribution >= 0.6 is 11.8 Å². The number of ether oxygens (including phenoxy) is 1. The molecule has 3 heteroatoms. The monoisotopic (exact) mass is 348 g/mol. The Bertz CT molecular complexity index is 522. The van der Waals surface area contributed by atoms with Crippen LogP contribution in [0.4, 0.5) is 0 Å². The third-order valence-electron chi connectivity index (χ3n) is 4.61. The fourth-order valence-electron chi connectivity index (χ4n) is 3.01. The number of carbonyl (C=O) groups is 1. The third kappa shape index (κ3) is 5.63. The molecule has 0 N–H and O–H groups in total. The Morgan fingerprint density at radius 2 is 1.92 bits per heavy atom. The predicted molar refractivity (Wildman–Crippen MR) is 104 cm³/mol. The number of carbonyl (C=O) groups excluding carboxylic acids is 1. The zero-order chi connectivity index (χ0) is 17.7. The van der Waals surface area contributed by atoms with Gasteiger partial charge in [-0.05, 0) is 35.3 Å². The summed E-state index contributed by atoms with van der Waals surface area (Å²) in [5, 5.41) is 0.0963. The molecule has 24 heavy (non-hydrogen) atoms. The first-order valence-electron chi connectivity index (χ1n) is 9.10. The number of hydrogen-bond acceptors (Lipinski definition) is 3. The van der Waals surface area contributed by atoms with Gasteiger partial charge in [0.15, 0.2) is 5.78 Å². The molecule has 0 radical (unpaired) electrons. The Balaban J connectivity index is 1.97. The van der Waals surface area contributed by atoms with Crippen LogP contribution in [0.3, 0.4) is 0 Å². The lowest BCUT2D eigenvalue weighted by atomic mass is 9.87. The van der Waals surface area contributed by atoms with E-state index in [9.17, 15) is 4.79 Å². The van der Waals surface area contributed by atoms with Gasteiger partial charge in [-0.3, -0.25) is 4.79 Å². The first kappa shape index (κ1) is 19.5. The molecule has 1 heterocycles. The number of hydrogen-bond donors (Lipinski definition) is 0. The van der Waals surface area contributed by atoms with Crippen molar-refractivity contribution in [2.75, 3.05) is 13.2 Å². The van der Waals surface area contributed by atoms with Crippen molar-refractivity contribution in [2.24, 2.45) is 11.8 Å². The highest BCUT2D eigenvalue weighted by Crippen LogP contribution is 2.30. The van der Waals surface area contributed by atoms with Crippen LogP contribution in [-0.2, 0) is 20.7 Å². The molecule has 0 bridgehead atoms. The van der Waals surface area contributed by atoms with Crippen LogP contribution in [0, 0.1) is 11.8 Å². The van der Waals surface area contributed by atoms with E-state index in [1.165, 1.54) is 11.1 Å². The minimum atomic E-state index is 0.0963. The molecular weight excluding hydrogens is 316 g/mol. The second-order valence-corrected chi connectivity index (χ2v) is 9.53. The van der Waals surface area contributed by atoms with Crippen molar-refractivity contribution in [3.8, 4) is 0 Å². The van der Waals surface area contributed by atoms with Gasteiger partial charge >= 0.3 is 0 Å². The van der Waals surface area contributed by atoms with Crippen molar-refractivity contribution in [1.82, 2.24) is 0 Å². The van der Waals surface area contributed by atoms with E-state index in [-0.39, 0.29) is 16.6 Å². The molecule has 1 fully saturated rings. The number of Topliss-reactive ketones (excluding diaryl/α,β-unsaturated/α-hetero) is 1. The maximum atomic E-state index is 12.8. The molecular formula is C21H32O2S. The van der Waals surface area contributed by atoms with E-state index in [0.29, 0.717) is 18.3 Å². The van der Waals surface area contributed by atoms with Gasteiger partial charge in [-0.15, -0.1) is 11.8 Å². The highest BCUT2D eigenvalue weighted by Gasteiger charge is 2.30. The number of thioether (sulfide) groups is 1. The van der Waals surface area contributed by atoms with E-state index in [1.54, 1.807) is 11.8 Å². The Hall–Kier alpha value is -0.800. The number of benzene rings is 1. The summed E-state index contributed by atoms with van der Waals surface area (Å²) in [6.45, 7) is 12.5. The molecule has 2 rings (SSSR count). The molecule has 134 valence electrons. The van der Waals surface area contributed by atoms with Crippen LogP contribution < -0.4 is 0 Å². The molecule has 2 atom stereocenters. The lowest BCUT2D eigenvalue weighted by molar-refractivity contribution is -0.122. The van der Waals surface area contributed by atoms with Gasteiger partial charge in [0.2, 0.25) is 0 Å². The van der Waals surface area contributed by atoms with Gasteiger partial charge < -0.3 is 4.74 Å². The minimum Gasteiger partial charge on any atom is -0.381 e. The average Bonchev–Trinajstić information content (AvgIpc) is 3.04. The zero-order valence-corrected chi connectivity index (χ0v) is 16.6.